The highest BCUT2D eigenvalue weighted by molar-refractivity contribution is 5.95. The Morgan fingerprint density at radius 3 is 2.77 bits per heavy atom. The van der Waals surface area contributed by atoms with E-state index in [0.29, 0.717) is 5.92 Å². The summed E-state index contributed by atoms with van der Waals surface area (Å²) < 4.78 is 0. The molecule has 0 unspecified atom stereocenters. The molecule has 1 heterocycles. The molecule has 1 aromatic rings. The Balaban J connectivity index is 2.36. The van der Waals surface area contributed by atoms with Crippen molar-refractivity contribution < 1.29 is 0 Å². The molecule has 1 heteroatoms. The molecular formula is C12H15N. The topological polar surface area (TPSA) is 12.4 Å². The lowest BCUT2D eigenvalue weighted by atomic mass is 10.0. The van der Waals surface area contributed by atoms with Crippen LogP contribution in [-0.4, -0.2) is 5.71 Å². The molecule has 0 aromatic heterocycles. The van der Waals surface area contributed by atoms with Crippen LogP contribution in [-0.2, 0) is 6.42 Å². The summed E-state index contributed by atoms with van der Waals surface area (Å²) in [5, 5.41) is 0. The van der Waals surface area contributed by atoms with E-state index in [1.165, 1.54) is 22.5 Å². The third kappa shape index (κ3) is 1.51. The normalized spacial score (nSPS) is 14.6. The van der Waals surface area contributed by atoms with Gasteiger partial charge in [-0.15, -0.1) is 0 Å². The summed E-state index contributed by atoms with van der Waals surface area (Å²) in [5.41, 5.74) is 5.22. The zero-order valence-corrected chi connectivity index (χ0v) is 8.46. The Morgan fingerprint density at radius 2 is 2.08 bits per heavy atom. The smallest absolute Gasteiger partial charge is 0.0665 e. The SMILES string of the molecule is Cc1ccc2c(c1)CC(C(C)C)=N2. The predicted molar refractivity (Wildman–Crippen MR) is 56.8 cm³/mol. The van der Waals surface area contributed by atoms with Crippen molar-refractivity contribution in [2.45, 2.75) is 27.2 Å². The van der Waals surface area contributed by atoms with E-state index in [-0.39, 0.29) is 0 Å². The third-order valence-electron chi connectivity index (χ3n) is 2.54. The molecule has 68 valence electrons. The van der Waals surface area contributed by atoms with Crippen molar-refractivity contribution in [1.82, 2.24) is 0 Å². The average molecular weight is 173 g/mol. The lowest BCUT2D eigenvalue weighted by Gasteiger charge is -2.01. The summed E-state index contributed by atoms with van der Waals surface area (Å²) >= 11 is 0. The Morgan fingerprint density at radius 1 is 1.31 bits per heavy atom. The molecule has 0 bridgehead atoms. The van der Waals surface area contributed by atoms with Gasteiger partial charge in [0.1, 0.15) is 0 Å². The van der Waals surface area contributed by atoms with Crippen LogP contribution in [0.15, 0.2) is 23.2 Å². The number of aryl methyl sites for hydroxylation is 1. The van der Waals surface area contributed by atoms with Crippen LogP contribution in [0.2, 0.25) is 0 Å². The summed E-state index contributed by atoms with van der Waals surface area (Å²) in [6, 6.07) is 6.50. The fourth-order valence-corrected chi connectivity index (χ4v) is 1.69. The van der Waals surface area contributed by atoms with Crippen LogP contribution in [0.5, 0.6) is 0 Å². The van der Waals surface area contributed by atoms with Gasteiger partial charge in [0.2, 0.25) is 0 Å². The highest BCUT2D eigenvalue weighted by Crippen LogP contribution is 2.29. The number of hydrogen-bond acceptors (Lipinski definition) is 1. The molecule has 1 aromatic carbocycles. The van der Waals surface area contributed by atoms with Crippen molar-refractivity contribution >= 4 is 11.4 Å². The van der Waals surface area contributed by atoms with E-state index in [4.69, 9.17) is 0 Å². The monoisotopic (exact) mass is 173 g/mol. The minimum atomic E-state index is 0.577. The zero-order chi connectivity index (χ0) is 9.42. The molecule has 1 nitrogen and oxygen atoms in total. The van der Waals surface area contributed by atoms with Crippen molar-refractivity contribution in [3.05, 3.63) is 29.3 Å². The molecule has 0 radical (unpaired) electrons. The number of rotatable bonds is 1. The van der Waals surface area contributed by atoms with Crippen molar-refractivity contribution in [2.24, 2.45) is 10.9 Å². The van der Waals surface area contributed by atoms with Gasteiger partial charge < -0.3 is 0 Å². The minimum absolute atomic E-state index is 0.577. The maximum atomic E-state index is 4.61. The van der Waals surface area contributed by atoms with Gasteiger partial charge >= 0.3 is 0 Å². The summed E-state index contributed by atoms with van der Waals surface area (Å²) in [7, 11) is 0. The van der Waals surface area contributed by atoms with Crippen LogP contribution in [0.4, 0.5) is 5.69 Å². The van der Waals surface area contributed by atoms with Gasteiger partial charge in [-0.25, -0.2) is 0 Å². The van der Waals surface area contributed by atoms with Crippen molar-refractivity contribution in [3.63, 3.8) is 0 Å². The molecule has 13 heavy (non-hydrogen) atoms. The maximum Gasteiger partial charge on any atom is 0.0665 e. The number of hydrogen-bond donors (Lipinski definition) is 0. The van der Waals surface area contributed by atoms with E-state index >= 15 is 0 Å². The molecule has 0 saturated carbocycles. The largest absolute Gasteiger partial charge is 0.257 e. The quantitative estimate of drug-likeness (QED) is 0.618. The van der Waals surface area contributed by atoms with E-state index in [2.05, 4.69) is 44.0 Å². The number of benzene rings is 1. The summed E-state index contributed by atoms with van der Waals surface area (Å²) in [5.74, 6) is 0.577. The van der Waals surface area contributed by atoms with Crippen LogP contribution in [0.25, 0.3) is 0 Å². The van der Waals surface area contributed by atoms with Crippen molar-refractivity contribution in [3.8, 4) is 0 Å². The molecule has 0 saturated heterocycles. The van der Waals surface area contributed by atoms with E-state index in [9.17, 15) is 0 Å². The highest BCUT2D eigenvalue weighted by Gasteiger charge is 2.16. The highest BCUT2D eigenvalue weighted by atomic mass is 14.8. The van der Waals surface area contributed by atoms with E-state index < -0.39 is 0 Å². The number of fused-ring (bicyclic) bond motifs is 1. The molecule has 1 aliphatic rings. The molecule has 0 atom stereocenters. The second-order valence-corrected chi connectivity index (χ2v) is 4.07. The van der Waals surface area contributed by atoms with E-state index in [1.54, 1.807) is 0 Å². The first kappa shape index (κ1) is 8.49. The lowest BCUT2D eigenvalue weighted by Crippen LogP contribution is -2.06. The molecule has 0 N–H and O–H groups in total. The molecule has 0 amide bonds. The van der Waals surface area contributed by atoms with Gasteiger partial charge in [-0.05, 0) is 24.5 Å². The van der Waals surface area contributed by atoms with Crippen LogP contribution in [0.1, 0.15) is 25.0 Å². The van der Waals surface area contributed by atoms with Crippen molar-refractivity contribution in [2.75, 3.05) is 0 Å². The third-order valence-corrected chi connectivity index (χ3v) is 2.54. The lowest BCUT2D eigenvalue weighted by molar-refractivity contribution is 0.871. The molecule has 2 rings (SSSR count). The summed E-state index contributed by atoms with van der Waals surface area (Å²) in [6.07, 6.45) is 1.05. The second kappa shape index (κ2) is 2.99. The molecular weight excluding hydrogens is 158 g/mol. The fourth-order valence-electron chi connectivity index (χ4n) is 1.69. The van der Waals surface area contributed by atoms with Gasteiger partial charge in [0, 0.05) is 12.1 Å². The van der Waals surface area contributed by atoms with Crippen LogP contribution in [0.3, 0.4) is 0 Å². The predicted octanol–water partition coefficient (Wildman–Crippen LogP) is 3.28. The van der Waals surface area contributed by atoms with Crippen LogP contribution >= 0.6 is 0 Å². The minimum Gasteiger partial charge on any atom is -0.257 e. The fraction of sp³-hybridized carbons (Fsp3) is 0.417. The average Bonchev–Trinajstić information content (AvgIpc) is 2.46. The maximum absolute atomic E-state index is 4.61. The van der Waals surface area contributed by atoms with Gasteiger partial charge in [-0.1, -0.05) is 31.5 Å². The van der Waals surface area contributed by atoms with Gasteiger partial charge in [0.25, 0.3) is 0 Å². The van der Waals surface area contributed by atoms with Gasteiger partial charge in [0.05, 0.1) is 5.69 Å². The number of aliphatic imine (C=N–C) groups is 1. The first-order valence-electron chi connectivity index (χ1n) is 4.84. The first-order valence-corrected chi connectivity index (χ1v) is 4.84. The molecule has 0 fully saturated rings. The standard InChI is InChI=1S/C12H15N/c1-8(2)12-7-10-6-9(3)4-5-11(10)13-12/h4-6,8H,7H2,1-3H3. The molecule has 1 aliphatic heterocycles. The second-order valence-electron chi connectivity index (χ2n) is 4.07. The van der Waals surface area contributed by atoms with Crippen LogP contribution in [0, 0.1) is 12.8 Å². The van der Waals surface area contributed by atoms with E-state index in [0.717, 1.165) is 6.42 Å². The number of nitrogens with zero attached hydrogens (tertiary/aromatic N) is 1. The zero-order valence-electron chi connectivity index (χ0n) is 8.46. The van der Waals surface area contributed by atoms with Crippen molar-refractivity contribution in [1.29, 1.82) is 0 Å². The Bertz CT molecular complexity index is 361. The Kier molecular flexibility index (Phi) is 1.95. The van der Waals surface area contributed by atoms with Gasteiger partial charge in [-0.2, -0.15) is 0 Å². The van der Waals surface area contributed by atoms with Gasteiger partial charge in [0.15, 0.2) is 0 Å². The Hall–Kier alpha value is -1.11. The van der Waals surface area contributed by atoms with E-state index in [1.807, 2.05) is 0 Å². The van der Waals surface area contributed by atoms with Crippen LogP contribution < -0.4 is 0 Å². The van der Waals surface area contributed by atoms with Gasteiger partial charge in [-0.3, -0.25) is 4.99 Å². The first-order chi connectivity index (χ1) is 6.16. The summed E-state index contributed by atoms with van der Waals surface area (Å²) in [6.45, 7) is 6.54. The molecule has 0 aliphatic carbocycles. The summed E-state index contributed by atoms with van der Waals surface area (Å²) in [4.78, 5) is 4.61. The Labute approximate surface area is 79.5 Å². The molecule has 0 spiro atoms.